The molecule has 0 saturated heterocycles. The van der Waals surface area contributed by atoms with E-state index >= 15 is 0 Å². The van der Waals surface area contributed by atoms with E-state index < -0.39 is 5.41 Å². The number of hydrogen-bond acceptors (Lipinski definition) is 4. The van der Waals surface area contributed by atoms with Crippen molar-refractivity contribution in [3.8, 4) is 0 Å². The van der Waals surface area contributed by atoms with E-state index in [4.69, 9.17) is 18.0 Å². The molecule has 110 valence electrons. The topological polar surface area (TPSA) is 59.2 Å². The van der Waals surface area contributed by atoms with Crippen LogP contribution in [-0.2, 0) is 11.3 Å². The van der Waals surface area contributed by atoms with E-state index in [1.165, 1.54) is 11.3 Å². The van der Waals surface area contributed by atoms with Crippen molar-refractivity contribution >= 4 is 34.5 Å². The van der Waals surface area contributed by atoms with Crippen LogP contribution in [0.1, 0.15) is 44.2 Å². The molecule has 4 nitrogen and oxygen atoms in total. The van der Waals surface area contributed by atoms with Gasteiger partial charge in [0.15, 0.2) is 0 Å². The lowest BCUT2D eigenvalue weighted by Gasteiger charge is -2.34. The molecule has 0 bridgehead atoms. The molecule has 1 aliphatic carbocycles. The van der Waals surface area contributed by atoms with Gasteiger partial charge in [0.2, 0.25) is 5.91 Å². The number of thiazole rings is 1. The summed E-state index contributed by atoms with van der Waals surface area (Å²) in [6.45, 7) is 0.521. The third kappa shape index (κ3) is 3.17. The molecule has 1 saturated carbocycles. The van der Waals surface area contributed by atoms with Crippen LogP contribution in [0.4, 0.5) is 0 Å². The van der Waals surface area contributed by atoms with Gasteiger partial charge < -0.3 is 10.6 Å². The smallest absolute Gasteiger partial charge is 0.235 e. The minimum Gasteiger partial charge on any atom is -0.392 e. The number of rotatable bonds is 4. The zero-order valence-corrected chi connectivity index (χ0v) is 13.4. The third-order valence-electron chi connectivity index (χ3n) is 4.07. The van der Waals surface area contributed by atoms with Gasteiger partial charge in [-0.1, -0.05) is 37.9 Å². The molecule has 0 radical (unpaired) electrons. The average molecular weight is 311 g/mol. The molecule has 0 spiro atoms. The van der Waals surface area contributed by atoms with Crippen molar-refractivity contribution < 1.29 is 4.79 Å². The summed E-state index contributed by atoms with van der Waals surface area (Å²) in [6.07, 6.45) is 5.92. The summed E-state index contributed by atoms with van der Waals surface area (Å²) in [5.74, 6) is 0.0555. The SMILES string of the molecule is CN(Cc1cscn1)C(=O)C1(C(N)=S)CCCCCC1. The Kier molecular flexibility index (Phi) is 5.10. The Hall–Kier alpha value is -1.01. The Labute approximate surface area is 129 Å². The second-order valence-corrected chi connectivity index (χ2v) is 6.66. The van der Waals surface area contributed by atoms with E-state index in [-0.39, 0.29) is 5.91 Å². The minimum absolute atomic E-state index is 0.0555. The van der Waals surface area contributed by atoms with Crippen LogP contribution in [-0.4, -0.2) is 27.8 Å². The number of carbonyl (C=O) groups excluding carboxylic acids is 1. The standard InChI is InChI=1S/C14H21N3OS2/c1-17(8-11-9-20-10-16-11)13(18)14(12(15)19)6-4-2-3-5-7-14/h9-10H,2-8H2,1H3,(H2,15,19). The first kappa shape index (κ1) is 15.4. The van der Waals surface area contributed by atoms with Crippen LogP contribution in [0.2, 0.25) is 0 Å². The number of amides is 1. The first-order chi connectivity index (χ1) is 9.56. The van der Waals surface area contributed by atoms with E-state index in [1.54, 1.807) is 10.4 Å². The molecule has 1 aliphatic rings. The molecule has 1 fully saturated rings. The number of nitrogens with zero attached hydrogens (tertiary/aromatic N) is 2. The minimum atomic E-state index is -0.642. The molecular formula is C14H21N3OS2. The highest BCUT2D eigenvalue weighted by molar-refractivity contribution is 7.80. The number of thiocarbonyl (C=S) groups is 1. The summed E-state index contributed by atoms with van der Waals surface area (Å²) in [5, 5.41) is 1.96. The molecular weight excluding hydrogens is 290 g/mol. The molecule has 1 aromatic rings. The average Bonchev–Trinajstić information content (AvgIpc) is 2.79. The van der Waals surface area contributed by atoms with Crippen LogP contribution in [0.3, 0.4) is 0 Å². The number of aromatic nitrogens is 1. The van der Waals surface area contributed by atoms with Gasteiger partial charge in [0.25, 0.3) is 0 Å². The molecule has 0 unspecified atom stereocenters. The number of nitrogens with two attached hydrogens (primary N) is 1. The lowest BCUT2D eigenvalue weighted by Crippen LogP contribution is -2.49. The first-order valence-corrected chi connectivity index (χ1v) is 8.34. The van der Waals surface area contributed by atoms with Gasteiger partial charge in [-0.05, 0) is 12.8 Å². The maximum atomic E-state index is 12.9. The van der Waals surface area contributed by atoms with E-state index in [0.717, 1.165) is 44.2 Å². The molecule has 6 heteroatoms. The molecule has 2 N–H and O–H groups in total. The Morgan fingerprint density at radius 1 is 1.45 bits per heavy atom. The van der Waals surface area contributed by atoms with Crippen molar-refractivity contribution in [2.45, 2.75) is 45.1 Å². The fraction of sp³-hybridized carbons (Fsp3) is 0.643. The number of carbonyl (C=O) groups is 1. The van der Waals surface area contributed by atoms with Gasteiger partial charge in [0, 0.05) is 12.4 Å². The lowest BCUT2D eigenvalue weighted by molar-refractivity contribution is -0.138. The van der Waals surface area contributed by atoms with Gasteiger partial charge in [0.1, 0.15) is 0 Å². The second-order valence-electron chi connectivity index (χ2n) is 5.50. The highest BCUT2D eigenvalue weighted by atomic mass is 32.1. The molecule has 0 aromatic carbocycles. The van der Waals surface area contributed by atoms with Crippen molar-refractivity contribution in [3.63, 3.8) is 0 Å². The molecule has 2 rings (SSSR count). The highest BCUT2D eigenvalue weighted by Crippen LogP contribution is 2.37. The van der Waals surface area contributed by atoms with Crippen molar-refractivity contribution in [1.29, 1.82) is 0 Å². The van der Waals surface area contributed by atoms with Gasteiger partial charge in [-0.3, -0.25) is 4.79 Å². The van der Waals surface area contributed by atoms with Crippen molar-refractivity contribution in [1.82, 2.24) is 9.88 Å². The molecule has 1 heterocycles. The molecule has 1 aromatic heterocycles. The van der Waals surface area contributed by atoms with E-state index in [0.29, 0.717) is 11.5 Å². The summed E-state index contributed by atoms with van der Waals surface area (Å²) in [4.78, 5) is 19.2. The van der Waals surface area contributed by atoms with Crippen LogP contribution in [0.25, 0.3) is 0 Å². The summed E-state index contributed by atoms with van der Waals surface area (Å²) < 4.78 is 0. The van der Waals surface area contributed by atoms with Crippen LogP contribution < -0.4 is 5.73 Å². The summed E-state index contributed by atoms with van der Waals surface area (Å²) >= 11 is 6.79. The molecule has 1 amide bonds. The van der Waals surface area contributed by atoms with Gasteiger partial charge in [0.05, 0.1) is 28.2 Å². The zero-order valence-electron chi connectivity index (χ0n) is 11.8. The predicted molar refractivity (Wildman–Crippen MR) is 85.5 cm³/mol. The summed E-state index contributed by atoms with van der Waals surface area (Å²) in [5.41, 5.74) is 8.01. The van der Waals surface area contributed by atoms with Crippen LogP contribution in [0, 0.1) is 5.41 Å². The Balaban J connectivity index is 2.15. The monoisotopic (exact) mass is 311 g/mol. The summed E-state index contributed by atoms with van der Waals surface area (Å²) in [6, 6.07) is 0. The van der Waals surface area contributed by atoms with E-state index in [2.05, 4.69) is 4.98 Å². The van der Waals surface area contributed by atoms with Crippen LogP contribution in [0.15, 0.2) is 10.9 Å². The van der Waals surface area contributed by atoms with Crippen molar-refractivity contribution in [3.05, 3.63) is 16.6 Å². The van der Waals surface area contributed by atoms with Gasteiger partial charge in [-0.25, -0.2) is 4.98 Å². The third-order valence-corrected chi connectivity index (χ3v) is 5.09. The maximum Gasteiger partial charge on any atom is 0.235 e. The normalized spacial score (nSPS) is 18.2. The molecule has 20 heavy (non-hydrogen) atoms. The van der Waals surface area contributed by atoms with E-state index in [1.807, 2.05) is 12.4 Å². The fourth-order valence-corrected chi connectivity index (χ4v) is 3.73. The molecule has 0 aliphatic heterocycles. The van der Waals surface area contributed by atoms with Crippen molar-refractivity contribution in [2.75, 3.05) is 7.05 Å². The first-order valence-electron chi connectivity index (χ1n) is 6.99. The van der Waals surface area contributed by atoms with E-state index in [9.17, 15) is 4.79 Å². The van der Waals surface area contributed by atoms with Gasteiger partial charge in [-0.15, -0.1) is 11.3 Å². The van der Waals surface area contributed by atoms with Gasteiger partial charge in [-0.2, -0.15) is 0 Å². The Bertz CT molecular complexity index is 465. The fourth-order valence-electron chi connectivity index (χ4n) is 2.89. The largest absolute Gasteiger partial charge is 0.392 e. The van der Waals surface area contributed by atoms with Crippen molar-refractivity contribution in [2.24, 2.45) is 11.1 Å². The Morgan fingerprint density at radius 2 is 2.10 bits per heavy atom. The highest BCUT2D eigenvalue weighted by Gasteiger charge is 2.43. The quantitative estimate of drug-likeness (QED) is 0.686. The Morgan fingerprint density at radius 3 is 2.60 bits per heavy atom. The summed E-state index contributed by atoms with van der Waals surface area (Å²) in [7, 11) is 1.81. The molecule has 0 atom stereocenters. The van der Waals surface area contributed by atoms with Crippen LogP contribution >= 0.6 is 23.6 Å². The second kappa shape index (κ2) is 6.63. The van der Waals surface area contributed by atoms with Crippen LogP contribution in [0.5, 0.6) is 0 Å². The lowest BCUT2D eigenvalue weighted by atomic mass is 9.79. The number of hydrogen-bond donors (Lipinski definition) is 1. The zero-order chi connectivity index (χ0) is 14.6. The predicted octanol–water partition coefficient (Wildman–Crippen LogP) is 2.73. The van der Waals surface area contributed by atoms with Gasteiger partial charge >= 0.3 is 0 Å². The maximum absolute atomic E-state index is 12.9.